The Kier molecular flexibility index (Phi) is 4.96. The van der Waals surface area contributed by atoms with E-state index in [0.717, 1.165) is 24.0 Å². The molecule has 2 aromatic rings. The minimum Gasteiger partial charge on any atom is -0.369 e. The highest BCUT2D eigenvalue weighted by Gasteiger charge is 2.27. The highest BCUT2D eigenvalue weighted by atomic mass is 19.1. The van der Waals surface area contributed by atoms with Gasteiger partial charge in [0.1, 0.15) is 11.9 Å². The van der Waals surface area contributed by atoms with Crippen LogP contribution in [0.4, 0.5) is 4.39 Å². The van der Waals surface area contributed by atoms with Crippen molar-refractivity contribution < 1.29 is 9.13 Å². The van der Waals surface area contributed by atoms with E-state index in [1.807, 2.05) is 12.1 Å². The minimum absolute atomic E-state index is 0.00123. The molecule has 0 radical (unpaired) electrons. The average Bonchev–Trinajstić information content (AvgIpc) is 3.06. The summed E-state index contributed by atoms with van der Waals surface area (Å²) in [6.45, 7) is 0.602. The summed E-state index contributed by atoms with van der Waals surface area (Å²) >= 11 is 0. The van der Waals surface area contributed by atoms with Gasteiger partial charge in [0, 0.05) is 24.5 Å². The zero-order valence-electron chi connectivity index (χ0n) is 12.7. The van der Waals surface area contributed by atoms with Gasteiger partial charge in [0.15, 0.2) is 0 Å². The maximum Gasteiger partial charge on any atom is 0.123 e. The summed E-state index contributed by atoms with van der Waals surface area (Å²) in [5.41, 5.74) is 1.85. The molecule has 1 N–H and O–H groups in total. The van der Waals surface area contributed by atoms with Gasteiger partial charge in [-0.05, 0) is 36.6 Å². The molecule has 3 rings (SSSR count). The van der Waals surface area contributed by atoms with Gasteiger partial charge in [-0.1, -0.05) is 18.2 Å². The predicted octanol–water partition coefficient (Wildman–Crippen LogP) is 3.30. The van der Waals surface area contributed by atoms with E-state index in [9.17, 15) is 9.65 Å². The number of nitrogens with zero attached hydrogens (tertiary/aromatic N) is 2. The lowest BCUT2D eigenvalue weighted by Crippen LogP contribution is -2.29. The normalized spacial score (nSPS) is 21.7. The van der Waals surface area contributed by atoms with E-state index in [4.69, 9.17) is 4.74 Å². The van der Waals surface area contributed by atoms with Crippen LogP contribution in [0.5, 0.6) is 0 Å². The van der Waals surface area contributed by atoms with Crippen LogP contribution >= 0.6 is 0 Å². The van der Waals surface area contributed by atoms with Gasteiger partial charge in [-0.3, -0.25) is 10.3 Å². The predicted molar refractivity (Wildman–Crippen MR) is 83.8 cm³/mol. The lowest BCUT2D eigenvalue weighted by Gasteiger charge is -2.17. The van der Waals surface area contributed by atoms with Gasteiger partial charge in [-0.25, -0.2) is 4.39 Å². The van der Waals surface area contributed by atoms with Crippen LogP contribution in [0.3, 0.4) is 0 Å². The molecule has 1 aliphatic rings. The summed E-state index contributed by atoms with van der Waals surface area (Å²) in [5, 5.41) is 12.5. The van der Waals surface area contributed by atoms with Crippen molar-refractivity contribution in [1.82, 2.24) is 10.3 Å². The van der Waals surface area contributed by atoms with E-state index < -0.39 is 6.04 Å². The third-order valence-corrected chi connectivity index (χ3v) is 4.05. The molecule has 1 aromatic heterocycles. The first kappa shape index (κ1) is 15.6. The summed E-state index contributed by atoms with van der Waals surface area (Å²) in [6, 6.07) is 12.0. The van der Waals surface area contributed by atoms with Crippen molar-refractivity contribution in [1.29, 1.82) is 5.26 Å². The topological polar surface area (TPSA) is 57.9 Å². The molecule has 0 bridgehead atoms. The van der Waals surface area contributed by atoms with Gasteiger partial charge in [0.05, 0.1) is 18.3 Å². The summed E-state index contributed by atoms with van der Waals surface area (Å²) in [4.78, 5) is 4.04. The van der Waals surface area contributed by atoms with Crippen molar-refractivity contribution in [3.63, 3.8) is 0 Å². The number of hydrogen-bond acceptors (Lipinski definition) is 4. The summed E-state index contributed by atoms with van der Waals surface area (Å²) in [5.74, 6) is -0.238. The molecule has 3 unspecified atom stereocenters. The Balaban J connectivity index is 1.54. The fourth-order valence-electron chi connectivity index (χ4n) is 2.81. The molecule has 0 saturated carbocycles. The quantitative estimate of drug-likeness (QED) is 0.920. The maximum atomic E-state index is 13.0. The molecule has 1 aliphatic heterocycles. The zero-order chi connectivity index (χ0) is 16.1. The second-order valence-electron chi connectivity index (χ2n) is 5.63. The van der Waals surface area contributed by atoms with Crippen LogP contribution in [0.2, 0.25) is 0 Å². The maximum absolute atomic E-state index is 13.0. The molecule has 23 heavy (non-hydrogen) atoms. The molecule has 3 atom stereocenters. The van der Waals surface area contributed by atoms with Crippen molar-refractivity contribution in [3.05, 3.63) is 65.7 Å². The summed E-state index contributed by atoms with van der Waals surface area (Å²) in [6.07, 6.45) is 5.25. The Morgan fingerprint density at radius 3 is 2.83 bits per heavy atom. The Hall–Kier alpha value is -2.29. The number of benzene rings is 1. The van der Waals surface area contributed by atoms with Crippen LogP contribution in [0.15, 0.2) is 48.8 Å². The average molecular weight is 311 g/mol. The summed E-state index contributed by atoms with van der Waals surface area (Å²) in [7, 11) is 0. The van der Waals surface area contributed by atoms with E-state index >= 15 is 0 Å². The molecule has 1 fully saturated rings. The van der Waals surface area contributed by atoms with Crippen molar-refractivity contribution in [2.45, 2.75) is 31.1 Å². The van der Waals surface area contributed by atoms with Gasteiger partial charge in [0.2, 0.25) is 0 Å². The number of aromatic nitrogens is 1. The third kappa shape index (κ3) is 3.92. The molecule has 2 heterocycles. The molecule has 0 aliphatic carbocycles. The Morgan fingerprint density at radius 2 is 2.13 bits per heavy atom. The minimum atomic E-state index is -0.392. The van der Waals surface area contributed by atoms with E-state index in [0.29, 0.717) is 6.54 Å². The summed E-state index contributed by atoms with van der Waals surface area (Å²) < 4.78 is 19.0. The number of rotatable bonds is 5. The molecule has 5 heteroatoms. The number of nitriles is 1. The Bertz CT molecular complexity index is 669. The van der Waals surface area contributed by atoms with Crippen LogP contribution in [-0.2, 0) is 4.74 Å². The Morgan fingerprint density at radius 1 is 1.30 bits per heavy atom. The van der Waals surface area contributed by atoms with Gasteiger partial charge in [0.25, 0.3) is 0 Å². The smallest absolute Gasteiger partial charge is 0.123 e. The lowest BCUT2D eigenvalue weighted by molar-refractivity contribution is 0.0441. The molecule has 1 saturated heterocycles. The first-order valence-corrected chi connectivity index (χ1v) is 7.70. The first-order chi connectivity index (χ1) is 11.3. The third-order valence-electron chi connectivity index (χ3n) is 4.05. The van der Waals surface area contributed by atoms with E-state index in [-0.39, 0.29) is 18.0 Å². The fourth-order valence-corrected chi connectivity index (χ4v) is 2.81. The number of halogens is 1. The van der Waals surface area contributed by atoms with Crippen LogP contribution in [0.1, 0.15) is 36.1 Å². The molecular formula is C18H18FN3O. The van der Waals surface area contributed by atoms with Crippen molar-refractivity contribution in [2.75, 3.05) is 6.54 Å². The number of nitrogens with one attached hydrogen (secondary N) is 1. The fraction of sp³-hybridized carbons (Fsp3) is 0.333. The SMILES string of the molecule is N#CC(NCC1CCC(c2ccc(F)cc2)O1)c1cccnc1. The van der Waals surface area contributed by atoms with Gasteiger partial charge >= 0.3 is 0 Å². The number of ether oxygens (including phenoxy) is 1. The van der Waals surface area contributed by atoms with Crippen LogP contribution < -0.4 is 5.32 Å². The lowest BCUT2D eigenvalue weighted by atomic mass is 10.1. The van der Waals surface area contributed by atoms with Gasteiger partial charge in [-0.2, -0.15) is 5.26 Å². The standard InChI is InChI=1S/C18H18FN3O/c19-15-5-3-13(4-6-15)18-8-7-16(23-18)12-22-17(10-20)14-2-1-9-21-11-14/h1-6,9,11,16-18,22H,7-8,12H2. The second kappa shape index (κ2) is 7.32. The van der Waals surface area contributed by atoms with E-state index in [1.165, 1.54) is 12.1 Å². The zero-order valence-corrected chi connectivity index (χ0v) is 12.7. The van der Waals surface area contributed by atoms with Gasteiger partial charge in [-0.15, -0.1) is 0 Å². The molecule has 1 aromatic carbocycles. The molecule has 0 amide bonds. The largest absolute Gasteiger partial charge is 0.369 e. The van der Waals surface area contributed by atoms with E-state index in [2.05, 4.69) is 16.4 Å². The van der Waals surface area contributed by atoms with Crippen LogP contribution in [0.25, 0.3) is 0 Å². The van der Waals surface area contributed by atoms with Crippen LogP contribution in [0, 0.1) is 17.1 Å². The van der Waals surface area contributed by atoms with Crippen molar-refractivity contribution in [2.24, 2.45) is 0 Å². The van der Waals surface area contributed by atoms with Gasteiger partial charge < -0.3 is 4.74 Å². The molecule has 118 valence electrons. The first-order valence-electron chi connectivity index (χ1n) is 7.70. The van der Waals surface area contributed by atoms with Crippen molar-refractivity contribution >= 4 is 0 Å². The highest BCUT2D eigenvalue weighted by molar-refractivity contribution is 5.21. The monoisotopic (exact) mass is 311 g/mol. The molecule has 4 nitrogen and oxygen atoms in total. The highest BCUT2D eigenvalue weighted by Crippen LogP contribution is 2.32. The van der Waals surface area contributed by atoms with Crippen LogP contribution in [-0.4, -0.2) is 17.6 Å². The van der Waals surface area contributed by atoms with Crippen molar-refractivity contribution in [3.8, 4) is 6.07 Å². The number of pyridine rings is 1. The second-order valence-corrected chi connectivity index (χ2v) is 5.63. The number of hydrogen-bond donors (Lipinski definition) is 1. The van der Waals surface area contributed by atoms with E-state index in [1.54, 1.807) is 24.5 Å². The Labute approximate surface area is 134 Å². The molecule has 0 spiro atoms. The molecular weight excluding hydrogens is 293 g/mol.